The number of nitrogens with one attached hydrogen (secondary N) is 1. The van der Waals surface area contributed by atoms with E-state index in [2.05, 4.69) is 15.5 Å². The van der Waals surface area contributed by atoms with Gasteiger partial charge in [-0.1, -0.05) is 23.5 Å². The Balaban J connectivity index is 1.53. The zero-order valence-electron chi connectivity index (χ0n) is 14.0. The molecule has 0 unspecified atom stereocenters. The fourth-order valence-corrected chi connectivity index (χ4v) is 3.04. The number of benzene rings is 2. The Bertz CT molecular complexity index is 922. The topological polar surface area (TPSA) is 93.0 Å². The van der Waals surface area contributed by atoms with Crippen LogP contribution in [0.4, 0.5) is 5.13 Å². The van der Waals surface area contributed by atoms with Gasteiger partial charge in [-0.25, -0.2) is 9.78 Å². The van der Waals surface area contributed by atoms with Crippen LogP contribution in [0.3, 0.4) is 0 Å². The van der Waals surface area contributed by atoms with E-state index in [1.165, 1.54) is 11.3 Å². The molecule has 0 saturated carbocycles. The largest absolute Gasteiger partial charge is 0.497 e. The number of fused-ring (bicyclic) bond motifs is 1. The molecule has 1 heterocycles. The second-order valence-electron chi connectivity index (χ2n) is 5.31. The standard InChI is InChI=1S/C18H17N3O4S/c1-24-14-6-7-15-16(10-14)26-18(20-15)21-19-9-8-12-2-4-13(5-3-12)25-11-17(22)23/h2-7,9-10H,8,11H2,1H3,(H,20,21)(H,22,23). The molecule has 2 N–H and O–H groups in total. The van der Waals surface area contributed by atoms with Crippen LogP contribution in [0.2, 0.25) is 0 Å². The lowest BCUT2D eigenvalue weighted by molar-refractivity contribution is -0.139. The van der Waals surface area contributed by atoms with E-state index in [0.29, 0.717) is 17.3 Å². The molecule has 0 aliphatic heterocycles. The van der Waals surface area contributed by atoms with Crippen molar-refractivity contribution in [2.45, 2.75) is 6.42 Å². The Morgan fingerprint density at radius 1 is 1.27 bits per heavy atom. The first-order valence-electron chi connectivity index (χ1n) is 7.79. The van der Waals surface area contributed by atoms with Crippen LogP contribution in [0.1, 0.15) is 5.56 Å². The van der Waals surface area contributed by atoms with Crippen LogP contribution in [0, 0.1) is 0 Å². The summed E-state index contributed by atoms with van der Waals surface area (Å²) in [6, 6.07) is 12.9. The molecule has 0 aliphatic rings. The number of ether oxygens (including phenoxy) is 2. The molecule has 0 amide bonds. The number of nitrogens with zero attached hydrogens (tertiary/aromatic N) is 2. The molecule has 2 aromatic carbocycles. The lowest BCUT2D eigenvalue weighted by atomic mass is 10.2. The maximum Gasteiger partial charge on any atom is 0.341 e. The van der Waals surface area contributed by atoms with Gasteiger partial charge in [0.2, 0.25) is 5.13 Å². The fourth-order valence-electron chi connectivity index (χ4n) is 2.20. The first kappa shape index (κ1) is 17.7. The maximum atomic E-state index is 10.5. The normalized spacial score (nSPS) is 11.0. The number of carbonyl (C=O) groups is 1. The smallest absolute Gasteiger partial charge is 0.341 e. The molecule has 1 aromatic heterocycles. The van der Waals surface area contributed by atoms with Gasteiger partial charge in [0, 0.05) is 12.6 Å². The van der Waals surface area contributed by atoms with E-state index >= 15 is 0 Å². The van der Waals surface area contributed by atoms with Crippen LogP contribution >= 0.6 is 11.3 Å². The number of hydrogen-bond donors (Lipinski definition) is 2. The number of thiazole rings is 1. The molecule has 26 heavy (non-hydrogen) atoms. The quantitative estimate of drug-likeness (QED) is 0.466. The Morgan fingerprint density at radius 2 is 2.04 bits per heavy atom. The van der Waals surface area contributed by atoms with E-state index < -0.39 is 5.97 Å². The zero-order valence-corrected chi connectivity index (χ0v) is 14.8. The van der Waals surface area contributed by atoms with Gasteiger partial charge >= 0.3 is 5.97 Å². The molecule has 0 fully saturated rings. The molecule has 3 rings (SSSR count). The molecule has 0 aliphatic carbocycles. The van der Waals surface area contributed by atoms with E-state index in [0.717, 1.165) is 21.5 Å². The van der Waals surface area contributed by atoms with Crippen molar-refractivity contribution in [2.75, 3.05) is 19.1 Å². The number of hydrogen-bond acceptors (Lipinski definition) is 7. The average Bonchev–Trinajstić information content (AvgIpc) is 3.06. The second kappa shape index (κ2) is 8.30. The summed E-state index contributed by atoms with van der Waals surface area (Å²) in [6.45, 7) is -0.348. The molecule has 0 bridgehead atoms. The minimum absolute atomic E-state index is 0.348. The molecule has 134 valence electrons. The summed E-state index contributed by atoms with van der Waals surface area (Å²) >= 11 is 1.50. The van der Waals surface area contributed by atoms with Gasteiger partial charge in [0.05, 0.1) is 17.3 Å². The fraction of sp³-hybridized carbons (Fsp3) is 0.167. The SMILES string of the molecule is COc1ccc2nc(NN=CCc3ccc(OCC(=O)O)cc3)sc2c1. The maximum absolute atomic E-state index is 10.5. The highest BCUT2D eigenvalue weighted by Crippen LogP contribution is 2.29. The molecule has 3 aromatic rings. The van der Waals surface area contributed by atoms with Gasteiger partial charge in [-0.15, -0.1) is 0 Å². The molecule has 7 nitrogen and oxygen atoms in total. The van der Waals surface area contributed by atoms with Crippen molar-refractivity contribution in [1.29, 1.82) is 0 Å². The number of carboxylic acids is 1. The summed E-state index contributed by atoms with van der Waals surface area (Å²) in [4.78, 5) is 14.9. The van der Waals surface area contributed by atoms with Gasteiger partial charge in [-0.05, 0) is 35.9 Å². The lowest BCUT2D eigenvalue weighted by Gasteiger charge is -2.03. The van der Waals surface area contributed by atoms with Gasteiger partial charge in [0.1, 0.15) is 11.5 Å². The predicted octanol–water partition coefficient (Wildman–Crippen LogP) is 3.41. The minimum atomic E-state index is -0.999. The molecule has 8 heteroatoms. The summed E-state index contributed by atoms with van der Waals surface area (Å²) in [5, 5.41) is 13.5. The van der Waals surface area contributed by atoms with Crippen LogP contribution in [0.15, 0.2) is 47.6 Å². The zero-order chi connectivity index (χ0) is 18.4. The Hall–Kier alpha value is -3.13. The lowest BCUT2D eigenvalue weighted by Crippen LogP contribution is -2.09. The third kappa shape index (κ3) is 4.70. The number of carboxylic acid groups (broad SMARTS) is 1. The highest BCUT2D eigenvalue weighted by molar-refractivity contribution is 7.22. The van der Waals surface area contributed by atoms with Crippen molar-refractivity contribution in [2.24, 2.45) is 5.10 Å². The summed E-state index contributed by atoms with van der Waals surface area (Å²) in [7, 11) is 1.64. The third-order valence-electron chi connectivity index (χ3n) is 3.46. The second-order valence-corrected chi connectivity index (χ2v) is 6.34. The minimum Gasteiger partial charge on any atom is -0.497 e. The molecule has 0 radical (unpaired) electrons. The van der Waals surface area contributed by atoms with Crippen molar-refractivity contribution < 1.29 is 19.4 Å². The number of hydrazone groups is 1. The highest BCUT2D eigenvalue weighted by atomic mass is 32.1. The van der Waals surface area contributed by atoms with Crippen molar-refractivity contribution in [3.63, 3.8) is 0 Å². The van der Waals surface area contributed by atoms with Crippen LogP contribution in [-0.4, -0.2) is 36.0 Å². The average molecular weight is 371 g/mol. The van der Waals surface area contributed by atoms with Crippen LogP contribution in [-0.2, 0) is 11.2 Å². The summed E-state index contributed by atoms with van der Waals surface area (Å²) < 4.78 is 11.3. The predicted molar refractivity (Wildman–Crippen MR) is 102 cm³/mol. The van der Waals surface area contributed by atoms with Gasteiger partial charge in [-0.2, -0.15) is 5.10 Å². The van der Waals surface area contributed by atoms with Gasteiger partial charge in [-0.3, -0.25) is 5.43 Å². The number of anilines is 1. The van der Waals surface area contributed by atoms with E-state index in [1.807, 2.05) is 30.3 Å². The summed E-state index contributed by atoms with van der Waals surface area (Å²) in [5.41, 5.74) is 4.86. The molecule has 0 spiro atoms. The Kier molecular flexibility index (Phi) is 5.65. The Morgan fingerprint density at radius 3 is 2.77 bits per heavy atom. The Labute approximate surface area is 153 Å². The molecular weight excluding hydrogens is 354 g/mol. The summed E-state index contributed by atoms with van der Waals surface area (Å²) in [5.74, 6) is 0.323. The summed E-state index contributed by atoms with van der Waals surface area (Å²) in [6.07, 6.45) is 2.38. The van der Waals surface area contributed by atoms with Crippen LogP contribution in [0.25, 0.3) is 10.2 Å². The molecule has 0 saturated heterocycles. The van der Waals surface area contributed by atoms with Crippen molar-refractivity contribution in [1.82, 2.24) is 4.98 Å². The molecular formula is C18H17N3O4S. The highest BCUT2D eigenvalue weighted by Gasteiger charge is 2.04. The first-order chi connectivity index (χ1) is 12.6. The number of aliphatic carboxylic acids is 1. The van der Waals surface area contributed by atoms with E-state index in [9.17, 15) is 4.79 Å². The van der Waals surface area contributed by atoms with Gasteiger partial charge in [0.15, 0.2) is 6.61 Å². The van der Waals surface area contributed by atoms with Crippen LogP contribution < -0.4 is 14.9 Å². The van der Waals surface area contributed by atoms with Gasteiger partial charge < -0.3 is 14.6 Å². The number of methoxy groups -OCH3 is 1. The number of rotatable bonds is 8. The molecule has 0 atom stereocenters. The van der Waals surface area contributed by atoms with Crippen molar-refractivity contribution >= 4 is 38.9 Å². The van der Waals surface area contributed by atoms with E-state index in [1.54, 1.807) is 25.5 Å². The monoisotopic (exact) mass is 371 g/mol. The third-order valence-corrected chi connectivity index (χ3v) is 4.38. The van der Waals surface area contributed by atoms with E-state index in [-0.39, 0.29) is 6.61 Å². The van der Waals surface area contributed by atoms with Crippen LogP contribution in [0.5, 0.6) is 11.5 Å². The van der Waals surface area contributed by atoms with Crippen molar-refractivity contribution in [3.05, 3.63) is 48.0 Å². The first-order valence-corrected chi connectivity index (χ1v) is 8.61. The number of aromatic nitrogens is 1. The van der Waals surface area contributed by atoms with Crippen molar-refractivity contribution in [3.8, 4) is 11.5 Å². The van der Waals surface area contributed by atoms with E-state index in [4.69, 9.17) is 14.6 Å². The van der Waals surface area contributed by atoms with Gasteiger partial charge in [0.25, 0.3) is 0 Å².